The first-order valence-electron chi connectivity index (χ1n) is 13.5. The van der Waals surface area contributed by atoms with Crippen molar-refractivity contribution >= 4 is 29.4 Å². The van der Waals surface area contributed by atoms with Crippen molar-refractivity contribution in [1.29, 1.82) is 0 Å². The summed E-state index contributed by atoms with van der Waals surface area (Å²) in [6, 6.07) is 17.6. The van der Waals surface area contributed by atoms with Gasteiger partial charge in [-0.2, -0.15) is 0 Å². The highest BCUT2D eigenvalue weighted by molar-refractivity contribution is 6.30. The van der Waals surface area contributed by atoms with Crippen LogP contribution < -0.4 is 10.6 Å². The Morgan fingerprint density at radius 2 is 1.79 bits per heavy atom. The molecule has 1 aromatic heterocycles. The largest absolute Gasteiger partial charge is 0.480 e. The number of amides is 1. The Bertz CT molecular complexity index is 1250. The molecule has 2 aromatic carbocycles. The Hall–Kier alpha value is -3.49. The lowest BCUT2D eigenvalue weighted by molar-refractivity contribution is -0.137. The predicted octanol–water partition coefficient (Wildman–Crippen LogP) is 4.60. The normalized spacial score (nSPS) is 13.8. The number of rotatable bonds is 12. The molecule has 1 aliphatic heterocycles. The standard InChI is InChI=1S/C30H36ClN5O3/c31-25-10-6-9-24(18-25)20-36(21-28(37)38)29(39)26-19-33-30(34-27(26)11-4-5-14-32)35-15-12-23(13-16-35)17-22-7-2-1-3-8-22/h1-3,6-10,18-19,23H,4-5,11-17,20-21,32H2,(H,37,38). The number of aryl methyl sites for hydroxylation is 1. The number of carboxylic acids is 1. The van der Waals surface area contributed by atoms with Crippen LogP contribution in [0.4, 0.5) is 5.95 Å². The lowest BCUT2D eigenvalue weighted by Crippen LogP contribution is -2.37. The number of halogens is 1. The third-order valence-electron chi connectivity index (χ3n) is 7.09. The molecule has 1 aliphatic rings. The minimum Gasteiger partial charge on any atom is -0.480 e. The number of nitrogens with two attached hydrogens (primary N) is 1. The molecule has 4 rings (SSSR count). The van der Waals surface area contributed by atoms with Gasteiger partial charge in [-0.1, -0.05) is 54.1 Å². The summed E-state index contributed by atoms with van der Waals surface area (Å²) >= 11 is 6.11. The van der Waals surface area contributed by atoms with E-state index < -0.39 is 18.4 Å². The topological polar surface area (TPSA) is 113 Å². The molecule has 0 radical (unpaired) electrons. The van der Waals surface area contributed by atoms with Gasteiger partial charge in [-0.05, 0) is 74.2 Å². The molecule has 0 bridgehead atoms. The summed E-state index contributed by atoms with van der Waals surface area (Å²) in [4.78, 5) is 38.2. The van der Waals surface area contributed by atoms with Gasteiger partial charge >= 0.3 is 5.97 Å². The Labute approximate surface area is 234 Å². The quantitative estimate of drug-likeness (QED) is 0.317. The van der Waals surface area contributed by atoms with E-state index in [-0.39, 0.29) is 6.54 Å². The molecular weight excluding hydrogens is 514 g/mol. The van der Waals surface area contributed by atoms with Crippen LogP contribution in [0.1, 0.15) is 52.9 Å². The summed E-state index contributed by atoms with van der Waals surface area (Å²) in [5.74, 6) is -0.268. The van der Waals surface area contributed by atoms with Gasteiger partial charge in [0.15, 0.2) is 0 Å². The molecule has 3 N–H and O–H groups in total. The highest BCUT2D eigenvalue weighted by Gasteiger charge is 2.26. The van der Waals surface area contributed by atoms with Crippen molar-refractivity contribution in [3.05, 3.63) is 88.2 Å². The van der Waals surface area contributed by atoms with Crippen LogP contribution in [0, 0.1) is 5.92 Å². The molecule has 39 heavy (non-hydrogen) atoms. The zero-order chi connectivity index (χ0) is 27.6. The number of aliphatic carboxylic acids is 1. The summed E-state index contributed by atoms with van der Waals surface area (Å²) in [6.07, 6.45) is 6.88. The fraction of sp³-hybridized carbons (Fsp3) is 0.400. The van der Waals surface area contributed by atoms with E-state index in [2.05, 4.69) is 34.1 Å². The number of unbranched alkanes of at least 4 members (excludes halogenated alkanes) is 1. The van der Waals surface area contributed by atoms with E-state index in [9.17, 15) is 14.7 Å². The highest BCUT2D eigenvalue weighted by Crippen LogP contribution is 2.25. The van der Waals surface area contributed by atoms with Crippen molar-refractivity contribution in [3.63, 3.8) is 0 Å². The average Bonchev–Trinajstić information content (AvgIpc) is 2.93. The zero-order valence-electron chi connectivity index (χ0n) is 22.1. The number of piperidine rings is 1. The third kappa shape index (κ3) is 8.25. The smallest absolute Gasteiger partial charge is 0.323 e. The number of carbonyl (C=O) groups excluding carboxylic acids is 1. The first kappa shape index (κ1) is 28.5. The molecule has 1 saturated heterocycles. The third-order valence-corrected chi connectivity index (χ3v) is 7.33. The summed E-state index contributed by atoms with van der Waals surface area (Å²) < 4.78 is 0. The molecule has 3 aromatic rings. The Balaban J connectivity index is 1.51. The molecule has 0 aliphatic carbocycles. The zero-order valence-corrected chi connectivity index (χ0v) is 22.9. The number of nitrogens with zero attached hydrogens (tertiary/aromatic N) is 4. The maximum absolute atomic E-state index is 13.6. The van der Waals surface area contributed by atoms with E-state index in [1.807, 2.05) is 12.1 Å². The van der Waals surface area contributed by atoms with Crippen LogP contribution in [0.3, 0.4) is 0 Å². The maximum atomic E-state index is 13.6. The first-order valence-corrected chi connectivity index (χ1v) is 13.9. The van der Waals surface area contributed by atoms with E-state index in [0.717, 1.165) is 50.8 Å². The SMILES string of the molecule is NCCCCc1nc(N2CCC(Cc3ccccc3)CC2)ncc1C(=O)N(CC(=O)O)Cc1cccc(Cl)c1. The van der Waals surface area contributed by atoms with Crippen LogP contribution in [0.15, 0.2) is 60.8 Å². The second kappa shape index (κ2) is 14.1. The minimum atomic E-state index is -1.09. The molecule has 1 fully saturated rings. The number of carbonyl (C=O) groups is 2. The first-order chi connectivity index (χ1) is 18.9. The fourth-order valence-corrected chi connectivity index (χ4v) is 5.25. The fourth-order valence-electron chi connectivity index (χ4n) is 5.04. The molecule has 0 saturated carbocycles. The van der Waals surface area contributed by atoms with Crippen LogP contribution in [-0.4, -0.2) is 58.0 Å². The summed E-state index contributed by atoms with van der Waals surface area (Å²) in [5, 5.41) is 10.0. The van der Waals surface area contributed by atoms with Crippen LogP contribution >= 0.6 is 11.6 Å². The summed E-state index contributed by atoms with van der Waals surface area (Å²) in [6.45, 7) is 1.94. The van der Waals surface area contributed by atoms with Gasteiger partial charge in [-0.25, -0.2) is 9.97 Å². The number of benzene rings is 2. The summed E-state index contributed by atoms with van der Waals surface area (Å²) in [5.41, 5.74) is 8.79. The van der Waals surface area contributed by atoms with Crippen molar-refractivity contribution in [2.45, 2.75) is 45.1 Å². The van der Waals surface area contributed by atoms with Gasteiger partial charge in [0.25, 0.3) is 5.91 Å². The van der Waals surface area contributed by atoms with E-state index in [1.165, 1.54) is 10.5 Å². The van der Waals surface area contributed by atoms with Crippen molar-refractivity contribution in [2.24, 2.45) is 11.7 Å². The van der Waals surface area contributed by atoms with E-state index in [1.54, 1.807) is 24.4 Å². The molecule has 0 atom stereocenters. The molecule has 206 valence electrons. The van der Waals surface area contributed by atoms with Gasteiger partial charge in [-0.3, -0.25) is 9.59 Å². The Morgan fingerprint density at radius 1 is 1.05 bits per heavy atom. The average molecular weight is 550 g/mol. The molecule has 8 nitrogen and oxygen atoms in total. The number of carboxylic acid groups (broad SMARTS) is 1. The lowest BCUT2D eigenvalue weighted by atomic mass is 9.90. The van der Waals surface area contributed by atoms with Gasteiger partial charge < -0.3 is 20.6 Å². The van der Waals surface area contributed by atoms with E-state index in [0.29, 0.717) is 41.1 Å². The molecular formula is C30H36ClN5O3. The van der Waals surface area contributed by atoms with Gasteiger partial charge in [0.2, 0.25) is 5.95 Å². The van der Waals surface area contributed by atoms with E-state index >= 15 is 0 Å². The minimum absolute atomic E-state index is 0.116. The number of anilines is 1. The second-order valence-electron chi connectivity index (χ2n) is 10.1. The van der Waals surface area contributed by atoms with Crippen LogP contribution in [-0.2, 0) is 24.2 Å². The number of hydrogen-bond donors (Lipinski definition) is 2. The van der Waals surface area contributed by atoms with Crippen LogP contribution in [0.25, 0.3) is 0 Å². The monoisotopic (exact) mass is 549 g/mol. The van der Waals surface area contributed by atoms with Gasteiger partial charge in [0.05, 0.1) is 11.3 Å². The molecule has 9 heteroatoms. The van der Waals surface area contributed by atoms with Crippen LogP contribution in [0.5, 0.6) is 0 Å². The molecule has 1 amide bonds. The predicted molar refractivity (Wildman–Crippen MR) is 153 cm³/mol. The van der Waals surface area contributed by atoms with E-state index in [4.69, 9.17) is 22.3 Å². The second-order valence-corrected chi connectivity index (χ2v) is 10.5. The van der Waals surface area contributed by atoms with Gasteiger partial charge in [0, 0.05) is 30.9 Å². The molecule has 0 spiro atoms. The number of aromatic nitrogens is 2. The van der Waals surface area contributed by atoms with Crippen LogP contribution in [0.2, 0.25) is 5.02 Å². The van der Waals surface area contributed by atoms with Gasteiger partial charge in [-0.15, -0.1) is 0 Å². The van der Waals surface area contributed by atoms with Crippen molar-refractivity contribution in [3.8, 4) is 0 Å². The van der Waals surface area contributed by atoms with Gasteiger partial charge in [0.1, 0.15) is 6.54 Å². The van der Waals surface area contributed by atoms with Crippen molar-refractivity contribution < 1.29 is 14.7 Å². The maximum Gasteiger partial charge on any atom is 0.323 e. The number of hydrogen-bond acceptors (Lipinski definition) is 6. The Morgan fingerprint density at radius 3 is 2.49 bits per heavy atom. The van der Waals surface area contributed by atoms with Crippen molar-refractivity contribution in [2.75, 3.05) is 31.1 Å². The highest BCUT2D eigenvalue weighted by atomic mass is 35.5. The summed E-state index contributed by atoms with van der Waals surface area (Å²) in [7, 11) is 0. The lowest BCUT2D eigenvalue weighted by Gasteiger charge is -2.32. The Kier molecular flexibility index (Phi) is 10.3. The van der Waals surface area contributed by atoms with Crippen molar-refractivity contribution in [1.82, 2.24) is 14.9 Å². The molecule has 2 heterocycles. The molecule has 0 unspecified atom stereocenters.